The molecule has 5 rings (SSSR count). The first kappa shape index (κ1) is 31.7. The number of methoxy groups -OCH3 is 1. The molecule has 1 aliphatic rings. The Morgan fingerprint density at radius 2 is 1.67 bits per heavy atom. The predicted molar refractivity (Wildman–Crippen MR) is 166 cm³/mol. The third kappa shape index (κ3) is 6.24. The number of halogens is 4. The fourth-order valence-corrected chi connectivity index (χ4v) is 7.01. The molecule has 42 heavy (non-hydrogen) atoms. The molecular weight excluding hydrogens is 603 g/mol. The first-order valence-corrected chi connectivity index (χ1v) is 14.5. The lowest BCUT2D eigenvalue weighted by Crippen LogP contribution is -2.44. The Labute approximate surface area is 258 Å². The number of primary amides is 1. The number of carbonyl (C=O) groups is 2. The van der Waals surface area contributed by atoms with Gasteiger partial charge in [-0.05, 0) is 80.3 Å². The van der Waals surface area contributed by atoms with Gasteiger partial charge < -0.3 is 20.7 Å². The van der Waals surface area contributed by atoms with Gasteiger partial charge in [-0.3, -0.25) is 9.59 Å². The van der Waals surface area contributed by atoms with Crippen LogP contribution in [0.4, 0.5) is 8.78 Å². The Morgan fingerprint density at radius 3 is 2.26 bits per heavy atom. The highest BCUT2D eigenvalue weighted by molar-refractivity contribution is 7.21. The molecule has 1 saturated carbocycles. The van der Waals surface area contributed by atoms with Crippen molar-refractivity contribution in [3.8, 4) is 16.9 Å². The van der Waals surface area contributed by atoms with Gasteiger partial charge in [-0.1, -0.05) is 29.8 Å². The Kier molecular flexibility index (Phi) is 10.1. The van der Waals surface area contributed by atoms with E-state index in [1.54, 1.807) is 24.1 Å². The second kappa shape index (κ2) is 13.4. The Bertz CT molecular complexity index is 1610. The molecule has 0 unspecified atom stereocenters. The van der Waals surface area contributed by atoms with E-state index < -0.39 is 17.5 Å². The summed E-state index contributed by atoms with van der Waals surface area (Å²) in [5.41, 5.74) is 8.30. The average Bonchev–Trinajstić information content (AvgIpc) is 3.35. The lowest BCUT2D eigenvalue weighted by Gasteiger charge is -2.37. The molecule has 0 atom stereocenters. The van der Waals surface area contributed by atoms with Gasteiger partial charge in [-0.2, -0.15) is 0 Å². The lowest BCUT2D eigenvalue weighted by atomic mass is 9.89. The minimum absolute atomic E-state index is 0. The highest BCUT2D eigenvalue weighted by atomic mass is 35.5. The van der Waals surface area contributed by atoms with Crippen LogP contribution >= 0.6 is 35.3 Å². The third-order valence-electron chi connectivity index (χ3n) is 7.81. The second-order valence-electron chi connectivity index (χ2n) is 10.2. The molecule has 6 nitrogen and oxygen atoms in total. The molecular formula is C31H31Cl2F2N3O3S. The normalized spacial score (nSPS) is 16.6. The van der Waals surface area contributed by atoms with Crippen LogP contribution in [-0.2, 0) is 6.54 Å². The van der Waals surface area contributed by atoms with Crippen LogP contribution in [-0.4, -0.2) is 43.0 Å². The predicted octanol–water partition coefficient (Wildman–Crippen LogP) is 7.20. The van der Waals surface area contributed by atoms with Crippen molar-refractivity contribution in [1.29, 1.82) is 0 Å². The summed E-state index contributed by atoms with van der Waals surface area (Å²) in [5, 5.41) is 3.17. The molecule has 1 aromatic heterocycles. The summed E-state index contributed by atoms with van der Waals surface area (Å²) >= 11 is 7.42. The quantitative estimate of drug-likeness (QED) is 0.215. The summed E-state index contributed by atoms with van der Waals surface area (Å²) in [6.07, 6.45) is 3.30. The van der Waals surface area contributed by atoms with Gasteiger partial charge in [0.25, 0.3) is 5.91 Å². The number of carbonyl (C=O) groups excluding carboxylic acids is 2. The van der Waals surface area contributed by atoms with Crippen LogP contribution in [0.5, 0.6) is 5.75 Å². The van der Waals surface area contributed by atoms with Gasteiger partial charge in [0.05, 0.1) is 22.2 Å². The van der Waals surface area contributed by atoms with E-state index in [4.69, 9.17) is 22.1 Å². The zero-order valence-electron chi connectivity index (χ0n) is 23.1. The molecule has 0 aliphatic heterocycles. The maximum atomic E-state index is 14.6. The van der Waals surface area contributed by atoms with Crippen LogP contribution in [0, 0.1) is 11.6 Å². The SMILES string of the molecule is CNC1CCC(N(Cc2cc(-c3ccc(C(N)=O)cc3)ccc2OC)C(=O)c2sc3c(F)ccc(F)c3c2Cl)CC1.Cl. The zero-order valence-corrected chi connectivity index (χ0v) is 25.5. The Balaban J connectivity index is 0.00000405. The van der Waals surface area contributed by atoms with Gasteiger partial charge in [0.2, 0.25) is 5.91 Å². The number of nitrogens with one attached hydrogen (secondary N) is 1. The minimum atomic E-state index is -0.667. The van der Waals surface area contributed by atoms with Crippen molar-refractivity contribution < 1.29 is 23.1 Å². The summed E-state index contributed by atoms with van der Waals surface area (Å²) in [6.45, 7) is 0.208. The molecule has 0 radical (unpaired) electrons. The van der Waals surface area contributed by atoms with E-state index in [1.165, 1.54) is 0 Å². The molecule has 0 spiro atoms. The Morgan fingerprint density at radius 1 is 1.02 bits per heavy atom. The molecule has 0 bridgehead atoms. The van der Waals surface area contributed by atoms with Crippen LogP contribution in [0.2, 0.25) is 5.02 Å². The van der Waals surface area contributed by atoms with E-state index in [-0.39, 0.29) is 50.9 Å². The number of amides is 2. The van der Waals surface area contributed by atoms with Crippen molar-refractivity contribution in [1.82, 2.24) is 10.2 Å². The van der Waals surface area contributed by atoms with E-state index in [1.807, 2.05) is 37.4 Å². The highest BCUT2D eigenvalue weighted by Crippen LogP contribution is 2.40. The van der Waals surface area contributed by atoms with Crippen molar-refractivity contribution in [3.05, 3.63) is 87.3 Å². The number of nitrogens with two attached hydrogens (primary N) is 1. The molecule has 2 amide bonds. The first-order chi connectivity index (χ1) is 19.7. The van der Waals surface area contributed by atoms with Gasteiger partial charge >= 0.3 is 0 Å². The first-order valence-electron chi connectivity index (χ1n) is 13.3. The van der Waals surface area contributed by atoms with E-state index in [0.29, 0.717) is 17.4 Å². The highest BCUT2D eigenvalue weighted by Gasteiger charge is 2.33. The smallest absolute Gasteiger partial charge is 0.266 e. The largest absolute Gasteiger partial charge is 0.496 e. The molecule has 1 fully saturated rings. The summed E-state index contributed by atoms with van der Waals surface area (Å²) in [7, 11) is 3.50. The van der Waals surface area contributed by atoms with E-state index in [0.717, 1.165) is 65.8 Å². The molecule has 3 aromatic carbocycles. The molecule has 11 heteroatoms. The van der Waals surface area contributed by atoms with E-state index in [9.17, 15) is 18.4 Å². The fraction of sp³-hybridized carbons (Fsp3) is 0.290. The Hall–Kier alpha value is -3.24. The number of fused-ring (bicyclic) bond motifs is 1. The maximum absolute atomic E-state index is 14.6. The molecule has 1 heterocycles. The summed E-state index contributed by atoms with van der Waals surface area (Å²) < 4.78 is 34.9. The van der Waals surface area contributed by atoms with E-state index in [2.05, 4.69) is 5.32 Å². The number of ether oxygens (including phenoxy) is 1. The molecule has 4 aromatic rings. The monoisotopic (exact) mass is 633 g/mol. The van der Waals surface area contributed by atoms with Crippen LogP contribution in [0.1, 0.15) is 51.3 Å². The van der Waals surface area contributed by atoms with Crippen LogP contribution in [0.15, 0.2) is 54.6 Å². The topological polar surface area (TPSA) is 84.7 Å². The van der Waals surface area contributed by atoms with Crippen LogP contribution in [0.25, 0.3) is 21.2 Å². The van der Waals surface area contributed by atoms with Gasteiger partial charge in [0.15, 0.2) is 0 Å². The average molecular weight is 635 g/mol. The van der Waals surface area contributed by atoms with Crippen LogP contribution in [0.3, 0.4) is 0 Å². The van der Waals surface area contributed by atoms with Crippen molar-refractivity contribution in [2.24, 2.45) is 5.73 Å². The number of benzene rings is 3. The fourth-order valence-electron chi connectivity index (χ4n) is 5.50. The number of hydrogen-bond acceptors (Lipinski definition) is 5. The van der Waals surface area contributed by atoms with Crippen molar-refractivity contribution in [2.75, 3.05) is 14.2 Å². The van der Waals surface area contributed by atoms with Crippen molar-refractivity contribution in [3.63, 3.8) is 0 Å². The molecule has 222 valence electrons. The van der Waals surface area contributed by atoms with Crippen molar-refractivity contribution >= 4 is 57.2 Å². The molecule has 0 saturated heterocycles. The van der Waals surface area contributed by atoms with Gasteiger partial charge in [-0.25, -0.2) is 8.78 Å². The summed E-state index contributed by atoms with van der Waals surface area (Å²) in [4.78, 5) is 27.6. The number of nitrogens with zero attached hydrogens (tertiary/aromatic N) is 1. The lowest BCUT2D eigenvalue weighted by molar-refractivity contribution is 0.0604. The van der Waals surface area contributed by atoms with Gasteiger partial charge in [-0.15, -0.1) is 23.7 Å². The number of rotatable bonds is 8. The number of thiophene rings is 1. The summed E-state index contributed by atoms with van der Waals surface area (Å²) in [5.74, 6) is -1.57. The van der Waals surface area contributed by atoms with E-state index >= 15 is 0 Å². The van der Waals surface area contributed by atoms with Crippen LogP contribution < -0.4 is 15.8 Å². The number of hydrogen-bond donors (Lipinski definition) is 2. The standard InChI is InChI=1S/C31H30ClF2N3O3S.ClH/c1-36-21-8-10-22(11-9-21)37(31(39)29-27(32)26-23(33)12-13-24(34)28(26)41-29)16-20-15-19(7-14-25(20)40-2)17-3-5-18(6-4-17)30(35)38;/h3-7,12-15,21-22,36H,8-11,16H2,1-2H3,(H2,35,38);1H. The second-order valence-corrected chi connectivity index (χ2v) is 11.6. The van der Waals surface area contributed by atoms with Crippen molar-refractivity contribution in [2.45, 2.75) is 44.3 Å². The maximum Gasteiger partial charge on any atom is 0.266 e. The third-order valence-corrected chi connectivity index (χ3v) is 9.48. The minimum Gasteiger partial charge on any atom is -0.496 e. The molecule has 1 aliphatic carbocycles. The van der Waals surface area contributed by atoms with Gasteiger partial charge in [0.1, 0.15) is 22.3 Å². The van der Waals surface area contributed by atoms with Gasteiger partial charge in [0, 0.05) is 29.8 Å². The summed E-state index contributed by atoms with van der Waals surface area (Å²) in [6, 6.07) is 15.0. The molecule has 3 N–H and O–H groups in total. The zero-order chi connectivity index (χ0) is 29.3.